The van der Waals surface area contributed by atoms with Crippen LogP contribution >= 0.6 is 23.4 Å². The molecule has 0 bridgehead atoms. The molecule has 26 heavy (non-hydrogen) atoms. The molecule has 2 aliphatic rings. The maximum Gasteiger partial charge on any atom is 0.237 e. The van der Waals surface area contributed by atoms with E-state index in [0.717, 1.165) is 25.8 Å². The van der Waals surface area contributed by atoms with E-state index < -0.39 is 41.3 Å². The van der Waals surface area contributed by atoms with Crippen LogP contribution < -0.4 is 10.6 Å². The summed E-state index contributed by atoms with van der Waals surface area (Å²) in [6, 6.07) is -1.00. The molecule has 0 spiro atoms. The number of amides is 1. The first kappa shape index (κ1) is 22.2. The molecule has 0 aromatic carbocycles. The summed E-state index contributed by atoms with van der Waals surface area (Å²) < 4.78 is 5.77. The van der Waals surface area contributed by atoms with Crippen molar-refractivity contribution < 1.29 is 24.9 Å². The van der Waals surface area contributed by atoms with Gasteiger partial charge in [0, 0.05) is 0 Å². The molecule has 2 saturated heterocycles. The van der Waals surface area contributed by atoms with Crippen molar-refractivity contribution in [2.24, 2.45) is 5.92 Å². The van der Waals surface area contributed by atoms with E-state index in [1.165, 1.54) is 11.8 Å². The van der Waals surface area contributed by atoms with Crippen LogP contribution in [0.4, 0.5) is 0 Å². The van der Waals surface area contributed by atoms with Crippen LogP contribution in [-0.4, -0.2) is 81.3 Å². The number of rotatable bonds is 6. The maximum absolute atomic E-state index is 12.7. The Bertz CT molecular complexity index is 470. The summed E-state index contributed by atoms with van der Waals surface area (Å²) in [7, 11) is 0. The van der Waals surface area contributed by atoms with Crippen LogP contribution in [0.3, 0.4) is 0 Å². The van der Waals surface area contributed by atoms with E-state index in [2.05, 4.69) is 17.6 Å². The molecule has 1 amide bonds. The minimum atomic E-state index is -1.36. The molecule has 5 N–H and O–H groups in total. The molecule has 2 aliphatic heterocycles. The molecule has 9 atom stereocenters. The van der Waals surface area contributed by atoms with E-state index in [9.17, 15) is 20.1 Å². The number of halogens is 1. The first-order valence-electron chi connectivity index (χ1n) is 9.20. The number of ether oxygens (including phenoxy) is 1. The fourth-order valence-electron chi connectivity index (χ4n) is 3.66. The average molecular weight is 411 g/mol. The predicted molar refractivity (Wildman–Crippen MR) is 102 cm³/mol. The van der Waals surface area contributed by atoms with E-state index in [1.54, 1.807) is 13.2 Å². The summed E-state index contributed by atoms with van der Waals surface area (Å²) >= 11 is 7.51. The number of aliphatic hydroxyl groups is 3. The molecule has 2 heterocycles. The third-order valence-corrected chi connectivity index (χ3v) is 6.53. The fraction of sp³-hybridized carbons (Fsp3) is 0.941. The summed E-state index contributed by atoms with van der Waals surface area (Å²) in [5.41, 5.74) is -0.703. The number of carbonyl (C=O) groups is 1. The average Bonchev–Trinajstić information content (AvgIpc) is 2.64. The monoisotopic (exact) mass is 410 g/mol. The van der Waals surface area contributed by atoms with E-state index in [-0.39, 0.29) is 11.9 Å². The van der Waals surface area contributed by atoms with Gasteiger partial charge >= 0.3 is 0 Å². The third-order valence-electron chi connectivity index (χ3n) is 5.40. The predicted octanol–water partition coefficient (Wildman–Crippen LogP) is 0.0473. The molecule has 2 rings (SSSR count). The van der Waals surface area contributed by atoms with Crippen LogP contribution in [0, 0.1) is 5.92 Å². The van der Waals surface area contributed by atoms with Gasteiger partial charge in [-0.05, 0) is 38.5 Å². The second-order valence-corrected chi connectivity index (χ2v) is 8.82. The van der Waals surface area contributed by atoms with Crippen LogP contribution in [0.25, 0.3) is 0 Å². The molecule has 2 fully saturated rings. The lowest BCUT2D eigenvalue weighted by Gasteiger charge is -2.44. The van der Waals surface area contributed by atoms with E-state index in [1.807, 2.05) is 0 Å². The van der Waals surface area contributed by atoms with Gasteiger partial charge in [-0.25, -0.2) is 0 Å². The molecule has 0 aromatic heterocycles. The summed E-state index contributed by atoms with van der Waals surface area (Å²) in [6.45, 7) is 4.62. The Balaban J connectivity index is 2.09. The highest BCUT2D eigenvalue weighted by molar-refractivity contribution is 7.99. The molecule has 0 saturated carbocycles. The smallest absolute Gasteiger partial charge is 0.237 e. The van der Waals surface area contributed by atoms with Crippen LogP contribution in [0.1, 0.15) is 33.1 Å². The number of alkyl halides is 1. The summed E-state index contributed by atoms with van der Waals surface area (Å²) in [4.78, 5) is 12.7. The van der Waals surface area contributed by atoms with Gasteiger partial charge in [-0.15, -0.1) is 23.4 Å². The first-order chi connectivity index (χ1) is 12.3. The Morgan fingerprint density at radius 1 is 1.35 bits per heavy atom. The first-order valence-corrected chi connectivity index (χ1v) is 10.9. The fourth-order valence-corrected chi connectivity index (χ4v) is 4.54. The molecule has 0 radical (unpaired) electrons. The standard InChI is InChI=1S/C17H31ClN2O5S/c1-4-9-5-6-19-10(7-9)16(24)20-11(8(2)18)15-13(22)12(21)14(23)17(25-15)26-3/h8-15,17,19,21-23H,4-7H2,1-3H3,(H,20,24)/t8-,9+,10-,11+,12-,13+,14+,15+,17+/m1/s1. The van der Waals surface area contributed by atoms with Crippen molar-refractivity contribution in [3.8, 4) is 0 Å². The van der Waals surface area contributed by atoms with Gasteiger partial charge in [0.05, 0.1) is 17.5 Å². The Morgan fingerprint density at radius 3 is 2.62 bits per heavy atom. The van der Waals surface area contributed by atoms with Gasteiger partial charge in [-0.1, -0.05) is 13.3 Å². The number of thioether (sulfide) groups is 1. The molecule has 9 heteroatoms. The molecule has 7 nitrogen and oxygen atoms in total. The summed E-state index contributed by atoms with van der Waals surface area (Å²) in [5, 5.41) is 36.1. The van der Waals surface area contributed by atoms with Gasteiger partial charge in [0.1, 0.15) is 29.9 Å². The highest BCUT2D eigenvalue weighted by Crippen LogP contribution is 2.30. The van der Waals surface area contributed by atoms with E-state index in [0.29, 0.717) is 5.92 Å². The number of aliphatic hydroxyl groups excluding tert-OH is 3. The normalized spacial score (nSPS) is 40.7. The topological polar surface area (TPSA) is 111 Å². The van der Waals surface area contributed by atoms with Crippen molar-refractivity contribution >= 4 is 29.3 Å². The second-order valence-electron chi connectivity index (χ2n) is 7.19. The molecule has 0 unspecified atom stereocenters. The zero-order valence-corrected chi connectivity index (χ0v) is 17.0. The number of hydrogen-bond acceptors (Lipinski definition) is 7. The quantitative estimate of drug-likeness (QED) is 0.393. The Morgan fingerprint density at radius 2 is 2.04 bits per heavy atom. The Kier molecular flexibility index (Phi) is 8.46. The van der Waals surface area contributed by atoms with Gasteiger partial charge in [0.2, 0.25) is 5.91 Å². The van der Waals surface area contributed by atoms with Gasteiger partial charge in [-0.3, -0.25) is 4.79 Å². The van der Waals surface area contributed by atoms with Crippen LogP contribution in [-0.2, 0) is 9.53 Å². The third kappa shape index (κ3) is 5.04. The summed E-state index contributed by atoms with van der Waals surface area (Å²) in [6.07, 6.45) is -0.236. The van der Waals surface area contributed by atoms with Crippen molar-refractivity contribution in [3.05, 3.63) is 0 Å². The minimum absolute atomic E-state index is 0.183. The highest BCUT2D eigenvalue weighted by Gasteiger charge is 2.48. The maximum atomic E-state index is 12.7. The lowest BCUT2D eigenvalue weighted by atomic mass is 9.89. The number of hydrogen-bond donors (Lipinski definition) is 5. The molecule has 152 valence electrons. The Hall–Kier alpha value is -0.0900. The van der Waals surface area contributed by atoms with E-state index in [4.69, 9.17) is 16.3 Å². The zero-order valence-electron chi connectivity index (χ0n) is 15.5. The van der Waals surface area contributed by atoms with Crippen molar-refractivity contribution in [1.82, 2.24) is 10.6 Å². The van der Waals surface area contributed by atoms with Gasteiger partial charge < -0.3 is 30.7 Å². The minimum Gasteiger partial charge on any atom is -0.388 e. The van der Waals surface area contributed by atoms with Crippen LogP contribution in [0.15, 0.2) is 0 Å². The van der Waals surface area contributed by atoms with Crippen molar-refractivity contribution in [3.63, 3.8) is 0 Å². The lowest BCUT2D eigenvalue weighted by Crippen LogP contribution is -2.65. The molecule has 0 aliphatic carbocycles. The SMILES string of the molecule is CC[C@H]1CCN[C@@H](C(=O)N[C@H]([C@@H]2O[C@@H](SC)[C@@H](O)[C@H](O)[C@@H]2O)[C@@H](C)Cl)C1. The van der Waals surface area contributed by atoms with Gasteiger partial charge in [-0.2, -0.15) is 0 Å². The Labute approximate surface area is 164 Å². The second kappa shape index (κ2) is 9.91. The van der Waals surface area contributed by atoms with Crippen LogP contribution in [0.5, 0.6) is 0 Å². The molecular formula is C17H31ClN2O5S. The number of carbonyl (C=O) groups excluding carboxylic acids is 1. The highest BCUT2D eigenvalue weighted by atomic mass is 35.5. The number of nitrogens with one attached hydrogen (secondary N) is 2. The van der Waals surface area contributed by atoms with Gasteiger partial charge in [0.15, 0.2) is 0 Å². The molecule has 0 aromatic rings. The van der Waals surface area contributed by atoms with Crippen molar-refractivity contribution in [1.29, 1.82) is 0 Å². The summed E-state index contributed by atoms with van der Waals surface area (Å²) in [5.74, 6) is 0.325. The van der Waals surface area contributed by atoms with Crippen molar-refractivity contribution in [2.75, 3.05) is 12.8 Å². The molecular weight excluding hydrogens is 380 g/mol. The van der Waals surface area contributed by atoms with Crippen molar-refractivity contribution in [2.45, 2.75) is 80.4 Å². The van der Waals surface area contributed by atoms with Crippen LogP contribution in [0.2, 0.25) is 0 Å². The van der Waals surface area contributed by atoms with E-state index >= 15 is 0 Å². The lowest BCUT2D eigenvalue weighted by molar-refractivity contribution is -0.205. The zero-order chi connectivity index (χ0) is 19.4. The number of piperidine rings is 1. The largest absolute Gasteiger partial charge is 0.388 e. The van der Waals surface area contributed by atoms with Gasteiger partial charge in [0.25, 0.3) is 0 Å².